The van der Waals surface area contributed by atoms with Crippen molar-refractivity contribution in [3.63, 3.8) is 0 Å². The minimum atomic E-state index is -0.849. The summed E-state index contributed by atoms with van der Waals surface area (Å²) >= 11 is 0. The number of carbonyl (C=O) groups is 1. The number of benzene rings is 1. The second kappa shape index (κ2) is 7.46. The van der Waals surface area contributed by atoms with Crippen LogP contribution < -0.4 is 9.47 Å². The van der Waals surface area contributed by atoms with E-state index in [0.717, 1.165) is 11.1 Å². The van der Waals surface area contributed by atoms with Crippen molar-refractivity contribution in [3.05, 3.63) is 29.8 Å². The Balaban J connectivity index is 3.14. The van der Waals surface area contributed by atoms with Crippen LogP contribution in [0.15, 0.2) is 24.3 Å². The molecule has 0 aliphatic rings. The first-order chi connectivity index (χ1) is 9.10. The van der Waals surface area contributed by atoms with Crippen molar-refractivity contribution >= 4 is 11.5 Å². The first-order valence-electron chi connectivity index (χ1n) is 6.37. The molecule has 4 heteroatoms. The van der Waals surface area contributed by atoms with Gasteiger partial charge in [-0.25, -0.2) is 0 Å². The van der Waals surface area contributed by atoms with E-state index in [-0.39, 0.29) is 6.42 Å². The standard InChI is InChI=1S/C15H20O4/c1-4-18-13-8-6-7-12(15(13)19-5-2)11(3)9-10-14(16)17/h6-9H,4-5,10H2,1-3H3,(H,16,17)/b11-9+. The molecule has 0 aromatic heterocycles. The number of hydrogen-bond acceptors (Lipinski definition) is 3. The highest BCUT2D eigenvalue weighted by atomic mass is 16.5. The molecular weight excluding hydrogens is 244 g/mol. The minimum absolute atomic E-state index is 0.00371. The molecule has 0 unspecified atom stereocenters. The molecule has 0 saturated carbocycles. The monoisotopic (exact) mass is 264 g/mol. The first kappa shape index (κ1) is 15.1. The van der Waals surface area contributed by atoms with Gasteiger partial charge in [0.2, 0.25) is 0 Å². The van der Waals surface area contributed by atoms with Crippen LogP contribution in [0.2, 0.25) is 0 Å². The summed E-state index contributed by atoms with van der Waals surface area (Å²) in [6.45, 7) is 6.78. The van der Waals surface area contributed by atoms with E-state index in [1.165, 1.54) is 0 Å². The molecule has 1 N–H and O–H groups in total. The van der Waals surface area contributed by atoms with E-state index in [9.17, 15) is 4.79 Å². The van der Waals surface area contributed by atoms with Gasteiger partial charge >= 0.3 is 5.97 Å². The van der Waals surface area contributed by atoms with E-state index in [2.05, 4.69) is 0 Å². The maximum Gasteiger partial charge on any atom is 0.307 e. The number of carboxylic acids is 1. The van der Waals surface area contributed by atoms with Crippen molar-refractivity contribution in [2.45, 2.75) is 27.2 Å². The van der Waals surface area contributed by atoms with Gasteiger partial charge in [-0.15, -0.1) is 0 Å². The lowest BCUT2D eigenvalue weighted by Gasteiger charge is -2.15. The van der Waals surface area contributed by atoms with Gasteiger partial charge in [-0.2, -0.15) is 0 Å². The van der Waals surface area contributed by atoms with Gasteiger partial charge in [0.25, 0.3) is 0 Å². The molecule has 104 valence electrons. The van der Waals surface area contributed by atoms with Crippen molar-refractivity contribution in [1.29, 1.82) is 0 Å². The summed E-state index contributed by atoms with van der Waals surface area (Å²) in [5.74, 6) is 0.509. The minimum Gasteiger partial charge on any atom is -0.490 e. The zero-order valence-electron chi connectivity index (χ0n) is 11.6. The predicted molar refractivity (Wildman–Crippen MR) is 74.7 cm³/mol. The summed E-state index contributed by atoms with van der Waals surface area (Å²) in [7, 11) is 0. The van der Waals surface area contributed by atoms with Crippen molar-refractivity contribution in [1.82, 2.24) is 0 Å². The predicted octanol–water partition coefficient (Wildman–Crippen LogP) is 3.36. The Morgan fingerprint density at radius 3 is 2.53 bits per heavy atom. The fourth-order valence-electron chi connectivity index (χ4n) is 1.74. The summed E-state index contributed by atoms with van der Waals surface area (Å²) in [6.07, 6.45) is 1.67. The average Bonchev–Trinajstić information content (AvgIpc) is 2.38. The Morgan fingerprint density at radius 2 is 1.95 bits per heavy atom. The fraction of sp³-hybridized carbons (Fsp3) is 0.400. The molecule has 0 heterocycles. The van der Waals surface area contributed by atoms with Crippen LogP contribution in [0.1, 0.15) is 32.8 Å². The lowest BCUT2D eigenvalue weighted by Crippen LogP contribution is -2.01. The van der Waals surface area contributed by atoms with E-state index in [0.29, 0.717) is 24.7 Å². The summed E-state index contributed by atoms with van der Waals surface area (Å²) in [6, 6.07) is 5.63. The van der Waals surface area contributed by atoms with Crippen molar-refractivity contribution in [3.8, 4) is 11.5 Å². The molecule has 19 heavy (non-hydrogen) atoms. The molecular formula is C15H20O4. The zero-order valence-corrected chi connectivity index (χ0v) is 11.6. The number of hydrogen-bond donors (Lipinski definition) is 1. The van der Waals surface area contributed by atoms with Crippen LogP contribution in [-0.4, -0.2) is 24.3 Å². The summed E-state index contributed by atoms with van der Waals surface area (Å²) < 4.78 is 11.2. The zero-order chi connectivity index (χ0) is 14.3. The second-order valence-electron chi connectivity index (χ2n) is 3.98. The third-order valence-electron chi connectivity index (χ3n) is 2.58. The van der Waals surface area contributed by atoms with Gasteiger partial charge in [0.15, 0.2) is 11.5 Å². The Kier molecular flexibility index (Phi) is 5.93. The number of carboxylic acid groups (broad SMARTS) is 1. The number of rotatable bonds is 7. The molecule has 0 aliphatic heterocycles. The third kappa shape index (κ3) is 4.32. The largest absolute Gasteiger partial charge is 0.490 e. The average molecular weight is 264 g/mol. The molecule has 4 nitrogen and oxygen atoms in total. The van der Waals surface area contributed by atoms with Gasteiger partial charge in [-0.3, -0.25) is 4.79 Å². The Labute approximate surface area is 113 Å². The molecule has 0 fully saturated rings. The Bertz CT molecular complexity index is 463. The van der Waals surface area contributed by atoms with Crippen LogP contribution in [0.3, 0.4) is 0 Å². The Hall–Kier alpha value is -1.97. The molecule has 0 saturated heterocycles. The third-order valence-corrected chi connectivity index (χ3v) is 2.58. The van der Waals surface area contributed by atoms with Crippen LogP contribution in [0.25, 0.3) is 5.57 Å². The molecule has 0 amide bonds. The highest BCUT2D eigenvalue weighted by molar-refractivity contribution is 5.76. The van der Waals surface area contributed by atoms with Gasteiger partial charge in [-0.05, 0) is 32.4 Å². The van der Waals surface area contributed by atoms with Crippen LogP contribution in [-0.2, 0) is 4.79 Å². The van der Waals surface area contributed by atoms with Gasteiger partial charge < -0.3 is 14.6 Å². The lowest BCUT2D eigenvalue weighted by atomic mass is 10.0. The highest BCUT2D eigenvalue weighted by Crippen LogP contribution is 2.35. The number of ether oxygens (including phenoxy) is 2. The normalized spacial score (nSPS) is 11.2. The topological polar surface area (TPSA) is 55.8 Å². The van der Waals surface area contributed by atoms with Gasteiger partial charge in [0.05, 0.1) is 19.6 Å². The quantitative estimate of drug-likeness (QED) is 0.820. The van der Waals surface area contributed by atoms with Crippen LogP contribution in [0.4, 0.5) is 0 Å². The molecule has 1 rings (SSSR count). The molecule has 0 atom stereocenters. The molecule has 0 bridgehead atoms. The van der Waals surface area contributed by atoms with Crippen LogP contribution in [0, 0.1) is 0 Å². The molecule has 1 aromatic rings. The smallest absolute Gasteiger partial charge is 0.307 e. The first-order valence-corrected chi connectivity index (χ1v) is 6.37. The number of aliphatic carboxylic acids is 1. The van der Waals surface area contributed by atoms with E-state index in [4.69, 9.17) is 14.6 Å². The molecule has 0 radical (unpaired) electrons. The van der Waals surface area contributed by atoms with Gasteiger partial charge in [0, 0.05) is 5.56 Å². The van der Waals surface area contributed by atoms with Crippen molar-refractivity contribution in [2.75, 3.05) is 13.2 Å². The van der Waals surface area contributed by atoms with Crippen molar-refractivity contribution in [2.24, 2.45) is 0 Å². The van der Waals surface area contributed by atoms with E-state index in [1.54, 1.807) is 6.08 Å². The Morgan fingerprint density at radius 1 is 1.26 bits per heavy atom. The van der Waals surface area contributed by atoms with Gasteiger partial charge in [-0.1, -0.05) is 18.2 Å². The highest BCUT2D eigenvalue weighted by Gasteiger charge is 2.12. The van der Waals surface area contributed by atoms with Crippen LogP contribution in [0.5, 0.6) is 11.5 Å². The number of allylic oxidation sites excluding steroid dienone is 1. The second-order valence-corrected chi connectivity index (χ2v) is 3.98. The van der Waals surface area contributed by atoms with E-state index >= 15 is 0 Å². The number of para-hydroxylation sites is 1. The van der Waals surface area contributed by atoms with Crippen molar-refractivity contribution < 1.29 is 19.4 Å². The van der Waals surface area contributed by atoms with Gasteiger partial charge in [0.1, 0.15) is 0 Å². The van der Waals surface area contributed by atoms with E-state index in [1.807, 2.05) is 39.0 Å². The van der Waals surface area contributed by atoms with E-state index < -0.39 is 5.97 Å². The summed E-state index contributed by atoms with van der Waals surface area (Å²) in [5.41, 5.74) is 1.74. The van der Waals surface area contributed by atoms with Crippen LogP contribution >= 0.6 is 0 Å². The fourth-order valence-corrected chi connectivity index (χ4v) is 1.74. The SMILES string of the molecule is CCOc1cccc(/C(C)=C/CC(=O)O)c1OCC. The maximum absolute atomic E-state index is 10.6. The summed E-state index contributed by atoms with van der Waals surface area (Å²) in [5, 5.41) is 8.72. The molecule has 0 aliphatic carbocycles. The molecule has 1 aromatic carbocycles. The summed E-state index contributed by atoms with van der Waals surface area (Å²) in [4.78, 5) is 10.6. The lowest BCUT2D eigenvalue weighted by molar-refractivity contribution is -0.135. The maximum atomic E-state index is 10.6. The molecule has 0 spiro atoms.